The molecule has 1 aliphatic rings. The van der Waals surface area contributed by atoms with Gasteiger partial charge in [0, 0.05) is 0 Å². The number of hydrogen-bond acceptors (Lipinski definition) is 0. The summed E-state index contributed by atoms with van der Waals surface area (Å²) in [7, 11) is -0.508. The fraction of sp³-hybridized carbons (Fsp3) is 0. The van der Waals surface area contributed by atoms with Gasteiger partial charge in [-0.1, -0.05) is 42.5 Å². The molecule has 0 N–H and O–H groups in total. The van der Waals surface area contributed by atoms with E-state index in [4.69, 9.17) is 11.1 Å². The van der Waals surface area contributed by atoms with E-state index in [-0.39, 0.29) is 0 Å². The van der Waals surface area contributed by atoms with Gasteiger partial charge in [-0.3, -0.25) is 0 Å². The second kappa shape index (κ2) is 4.31. The minimum atomic E-state index is -0.508. The van der Waals surface area contributed by atoms with Crippen LogP contribution in [-0.2, 0) is 0 Å². The summed E-state index contributed by atoms with van der Waals surface area (Å²) in [5, 5.41) is 1.28. The normalized spacial score (nSPS) is 32.3. The molecule has 0 atom stereocenters. The highest BCUT2D eigenvalue weighted by Crippen LogP contribution is 2.00. The summed E-state index contributed by atoms with van der Waals surface area (Å²) in [6.45, 7) is 0. The monoisotopic (exact) mass is 168 g/mol. The van der Waals surface area contributed by atoms with Gasteiger partial charge < -0.3 is 0 Å². The first-order chi connectivity index (χ1) is 4.93. The molecule has 10 heavy (non-hydrogen) atoms. The van der Waals surface area contributed by atoms with E-state index in [1.54, 1.807) is 0 Å². The molecule has 0 bridgehead atoms. The fourth-order valence-corrected chi connectivity index (χ4v) is 1.68. The highest BCUT2D eigenvalue weighted by Gasteiger charge is 1.86. The first kappa shape index (κ1) is 7.57. The van der Waals surface area contributed by atoms with Crippen LogP contribution in [0.25, 0.3) is 0 Å². The number of hydrogen-bond donors (Lipinski definition) is 0. The summed E-state index contributed by atoms with van der Waals surface area (Å²) < 4.78 is 0. The Kier molecular flexibility index (Phi) is 3.26. The zero-order chi connectivity index (χ0) is 7.23. The summed E-state index contributed by atoms with van der Waals surface area (Å²) in [4.78, 5) is 0. The molecule has 0 saturated heterocycles. The van der Waals surface area contributed by atoms with Crippen LogP contribution in [0, 0.1) is 0 Å². The Morgan fingerprint density at radius 2 is 1.70 bits per heavy atom. The maximum Gasteiger partial charge on any atom is 0.155 e. The molecule has 52 valence electrons. The van der Waals surface area contributed by atoms with Crippen molar-refractivity contribution in [1.82, 2.24) is 0 Å². The molecule has 0 amide bonds. The summed E-state index contributed by atoms with van der Waals surface area (Å²) >= 11 is 5.77. The molecule has 0 radical (unpaired) electrons. The molecule has 0 aromatic heterocycles. The summed E-state index contributed by atoms with van der Waals surface area (Å²) in [6.07, 6.45) is 14.2. The van der Waals surface area contributed by atoms with Gasteiger partial charge in [0.25, 0.3) is 0 Å². The molecule has 0 unspecified atom stereocenters. The maximum absolute atomic E-state index is 5.77. The van der Waals surface area contributed by atoms with Crippen molar-refractivity contribution >= 4 is 19.9 Å². The van der Waals surface area contributed by atoms with E-state index in [2.05, 4.69) is 12.2 Å². The minimum absolute atomic E-state index is 0.508. The Bertz CT molecular complexity index is 211. The largest absolute Gasteiger partial charge is 0.170 e. The number of rotatable bonds is 1. The molecule has 0 nitrogen and oxygen atoms in total. The lowest BCUT2D eigenvalue weighted by atomic mass is 10.3. The van der Waals surface area contributed by atoms with Gasteiger partial charge in [0.2, 0.25) is 0 Å². The van der Waals surface area contributed by atoms with Crippen molar-refractivity contribution in [3.63, 3.8) is 0 Å². The molecule has 0 spiro atoms. The van der Waals surface area contributed by atoms with Crippen LogP contribution in [0.1, 0.15) is 0 Å². The van der Waals surface area contributed by atoms with E-state index in [0.29, 0.717) is 0 Å². The Labute approximate surface area is 68.1 Å². The van der Waals surface area contributed by atoms with Crippen molar-refractivity contribution in [3.05, 3.63) is 47.7 Å². The van der Waals surface area contributed by atoms with Crippen molar-refractivity contribution in [1.29, 1.82) is 0 Å². The van der Waals surface area contributed by atoms with Crippen LogP contribution < -0.4 is 0 Å². The Morgan fingerprint density at radius 3 is 2.50 bits per heavy atom. The molecular weight excluding hydrogens is 160 g/mol. The summed E-state index contributed by atoms with van der Waals surface area (Å²) in [5.41, 5.74) is 0. The van der Waals surface area contributed by atoms with Crippen molar-refractivity contribution in [2.45, 2.75) is 0 Å². The molecule has 0 aromatic rings. The maximum atomic E-state index is 5.77. The van der Waals surface area contributed by atoms with E-state index >= 15 is 0 Å². The fourth-order valence-electron chi connectivity index (χ4n) is 0.695. The van der Waals surface area contributed by atoms with Crippen molar-refractivity contribution in [3.8, 4) is 0 Å². The topological polar surface area (TPSA) is 0 Å². The zero-order valence-electron chi connectivity index (χ0n) is 5.63. The zero-order valence-corrected chi connectivity index (χ0v) is 7.80. The molecule has 0 aromatic carbocycles. The minimum Gasteiger partial charge on any atom is -0.170 e. The third-order valence-corrected chi connectivity index (χ3v) is 2.93. The highest BCUT2D eigenvalue weighted by atomic mass is 35.6. The lowest BCUT2D eigenvalue weighted by Crippen LogP contribution is -1.82. The molecule has 1 aliphatic carbocycles. The Hall–Kier alpha value is -0.533. The third kappa shape index (κ3) is 2.37. The molecule has 0 aliphatic heterocycles. The Morgan fingerprint density at radius 1 is 1.00 bits per heavy atom. The molecule has 2 heteroatoms. The van der Waals surface area contributed by atoms with E-state index in [1.165, 1.54) is 5.20 Å². The average Bonchev–Trinajstić information content (AvgIpc) is 1.87. The Balaban J connectivity index is 2.73. The van der Waals surface area contributed by atoms with Crippen molar-refractivity contribution in [2.75, 3.05) is 0 Å². The van der Waals surface area contributed by atoms with Gasteiger partial charge in [-0.15, -0.1) is 0 Å². The molecular formula is C8H9ClSi. The summed E-state index contributed by atoms with van der Waals surface area (Å²) in [5.74, 6) is 0. The van der Waals surface area contributed by atoms with Crippen molar-refractivity contribution < 1.29 is 0 Å². The van der Waals surface area contributed by atoms with Crippen LogP contribution in [0.3, 0.4) is 0 Å². The van der Waals surface area contributed by atoms with Crippen molar-refractivity contribution in [2.24, 2.45) is 0 Å². The van der Waals surface area contributed by atoms with E-state index < -0.39 is 8.83 Å². The van der Waals surface area contributed by atoms with Crippen LogP contribution >= 0.6 is 11.1 Å². The van der Waals surface area contributed by atoms with Gasteiger partial charge in [-0.25, -0.2) is 0 Å². The lowest BCUT2D eigenvalue weighted by molar-refractivity contribution is 1.77. The average molecular weight is 169 g/mol. The third-order valence-electron chi connectivity index (χ3n) is 1.22. The predicted molar refractivity (Wildman–Crippen MR) is 49.9 cm³/mol. The van der Waals surface area contributed by atoms with E-state index in [0.717, 1.165) is 0 Å². The summed E-state index contributed by atoms with van der Waals surface area (Å²) in [6, 6.07) is 0. The lowest BCUT2D eigenvalue weighted by Gasteiger charge is -1.91. The molecule has 0 fully saturated rings. The van der Waals surface area contributed by atoms with Crippen LogP contribution in [-0.4, -0.2) is 8.83 Å². The highest BCUT2D eigenvalue weighted by molar-refractivity contribution is 6.98. The standard InChI is InChI=1S/C8H9ClSi/c9-10-8-6-4-2-1-3-5-7-8/h1-7H,10H2/b2-1-,3-1?,4-2?,5-3-,6-4-,7-5?,8-6?,8-7+. The van der Waals surface area contributed by atoms with E-state index in [1.807, 2.05) is 30.4 Å². The van der Waals surface area contributed by atoms with Gasteiger partial charge in [0.1, 0.15) is 0 Å². The van der Waals surface area contributed by atoms with Gasteiger partial charge >= 0.3 is 0 Å². The number of allylic oxidation sites excluding steroid dienone is 8. The van der Waals surface area contributed by atoms with Gasteiger partial charge in [0.05, 0.1) is 0 Å². The first-order valence-electron chi connectivity index (χ1n) is 3.20. The SMILES string of the molecule is Cl[SiH2]C1=C/C=C\C=C/C=C\1. The van der Waals surface area contributed by atoms with Crippen LogP contribution in [0.2, 0.25) is 0 Å². The quantitative estimate of drug-likeness (QED) is 0.414. The van der Waals surface area contributed by atoms with Crippen LogP contribution in [0.4, 0.5) is 0 Å². The van der Waals surface area contributed by atoms with Gasteiger partial charge in [-0.05, 0) is 5.20 Å². The second-order valence-electron chi connectivity index (χ2n) is 2.00. The molecule has 1 rings (SSSR count). The first-order valence-corrected chi connectivity index (χ1v) is 6.04. The molecule has 0 saturated carbocycles. The van der Waals surface area contributed by atoms with Gasteiger partial charge in [0.15, 0.2) is 8.83 Å². The number of halogens is 1. The van der Waals surface area contributed by atoms with Gasteiger partial charge in [-0.2, -0.15) is 11.1 Å². The van der Waals surface area contributed by atoms with E-state index in [9.17, 15) is 0 Å². The second-order valence-corrected chi connectivity index (χ2v) is 3.89. The molecule has 0 heterocycles. The van der Waals surface area contributed by atoms with Crippen LogP contribution in [0.5, 0.6) is 0 Å². The van der Waals surface area contributed by atoms with Crippen LogP contribution in [0.15, 0.2) is 47.7 Å². The predicted octanol–water partition coefficient (Wildman–Crippen LogP) is 1.88. The smallest absolute Gasteiger partial charge is 0.155 e.